The minimum atomic E-state index is 0.209. The van der Waals surface area contributed by atoms with Gasteiger partial charge in [-0.25, -0.2) is 0 Å². The van der Waals surface area contributed by atoms with E-state index in [9.17, 15) is 0 Å². The molecule has 142 valence electrons. The summed E-state index contributed by atoms with van der Waals surface area (Å²) in [6.45, 7) is 8.37. The summed E-state index contributed by atoms with van der Waals surface area (Å²) in [5.74, 6) is 0.695. The van der Waals surface area contributed by atoms with Gasteiger partial charge in [0, 0.05) is 30.4 Å². The normalized spacial score (nSPS) is 13.8. The fraction of sp³-hybridized carbons (Fsp3) is 0.304. The van der Waals surface area contributed by atoms with E-state index in [1.165, 1.54) is 22.3 Å². The van der Waals surface area contributed by atoms with Gasteiger partial charge in [0.1, 0.15) is 0 Å². The second kappa shape index (κ2) is 9.72. The van der Waals surface area contributed by atoms with Crippen molar-refractivity contribution in [3.8, 4) is 0 Å². The van der Waals surface area contributed by atoms with Crippen molar-refractivity contribution in [1.82, 2.24) is 5.43 Å². The van der Waals surface area contributed by atoms with E-state index in [4.69, 9.17) is 5.73 Å². The zero-order chi connectivity index (χ0) is 19.8. The van der Waals surface area contributed by atoms with Gasteiger partial charge in [0.25, 0.3) is 0 Å². The van der Waals surface area contributed by atoms with Crippen LogP contribution >= 0.6 is 0 Å². The highest BCUT2D eigenvalue weighted by atomic mass is 15.3. The van der Waals surface area contributed by atoms with Crippen molar-refractivity contribution in [2.45, 2.75) is 40.0 Å². The van der Waals surface area contributed by atoms with Crippen LogP contribution in [0.4, 0.5) is 0 Å². The van der Waals surface area contributed by atoms with Crippen molar-refractivity contribution in [2.75, 3.05) is 7.05 Å². The maximum atomic E-state index is 5.95. The summed E-state index contributed by atoms with van der Waals surface area (Å²) in [6, 6.07) is 14.8. The minimum absolute atomic E-state index is 0.209. The number of nitrogens with two attached hydrogens (primary N) is 1. The van der Waals surface area contributed by atoms with E-state index in [2.05, 4.69) is 72.7 Å². The number of amidine groups is 1. The number of hydrazone groups is 1. The largest absolute Gasteiger partial charge is 0.382 e. The topological polar surface area (TPSA) is 62.8 Å². The highest BCUT2D eigenvalue weighted by Crippen LogP contribution is 2.32. The van der Waals surface area contributed by atoms with Gasteiger partial charge in [0.15, 0.2) is 5.84 Å². The number of benzene rings is 2. The standard InChI is InChI=1S/C23H30N4/c1-6-22(26-7-2)21(20-10-8-9-16(3)17(20)4)15-18-11-13-19(14-12-18)23(24)27-25-5/h6-14,21,25H,15H2,1-5H3,(H2,24,27)/b22-6-,26-7?. The summed E-state index contributed by atoms with van der Waals surface area (Å²) in [6.07, 6.45) is 4.86. The summed E-state index contributed by atoms with van der Waals surface area (Å²) in [5, 5.41) is 4.04. The molecule has 0 aromatic heterocycles. The molecule has 4 nitrogen and oxygen atoms in total. The van der Waals surface area contributed by atoms with E-state index < -0.39 is 0 Å². The van der Waals surface area contributed by atoms with Gasteiger partial charge in [0.2, 0.25) is 0 Å². The molecular formula is C23H30N4. The number of aliphatic imine (C=N–C) groups is 1. The first kappa shape index (κ1) is 20.4. The molecule has 0 saturated carbocycles. The van der Waals surface area contributed by atoms with Crippen LogP contribution in [0.5, 0.6) is 0 Å². The molecular weight excluding hydrogens is 332 g/mol. The average Bonchev–Trinajstić information content (AvgIpc) is 2.67. The lowest BCUT2D eigenvalue weighted by atomic mass is 9.85. The van der Waals surface area contributed by atoms with Crippen LogP contribution in [0.3, 0.4) is 0 Å². The molecule has 0 aliphatic heterocycles. The average molecular weight is 363 g/mol. The first-order valence-electron chi connectivity index (χ1n) is 9.32. The minimum Gasteiger partial charge on any atom is -0.382 e. The van der Waals surface area contributed by atoms with Gasteiger partial charge >= 0.3 is 0 Å². The monoisotopic (exact) mass is 362 g/mol. The molecule has 4 heteroatoms. The molecule has 0 bridgehead atoms. The van der Waals surface area contributed by atoms with Crippen LogP contribution in [0.15, 0.2) is 64.3 Å². The Morgan fingerprint density at radius 1 is 1.11 bits per heavy atom. The SMILES string of the molecule is CC=N/C(=C\C)C(Cc1ccc(/C(N)=N/NC)cc1)c1cccc(C)c1C. The number of hydrogen-bond donors (Lipinski definition) is 2. The summed E-state index contributed by atoms with van der Waals surface area (Å²) < 4.78 is 0. The molecule has 0 amide bonds. The van der Waals surface area contributed by atoms with Gasteiger partial charge < -0.3 is 11.2 Å². The zero-order valence-corrected chi connectivity index (χ0v) is 17.0. The molecule has 0 heterocycles. The van der Waals surface area contributed by atoms with Gasteiger partial charge in [-0.05, 0) is 56.4 Å². The lowest BCUT2D eigenvalue weighted by Crippen LogP contribution is -2.17. The summed E-state index contributed by atoms with van der Waals surface area (Å²) in [7, 11) is 1.74. The van der Waals surface area contributed by atoms with E-state index in [1.807, 2.05) is 25.3 Å². The highest BCUT2D eigenvalue weighted by Gasteiger charge is 2.19. The molecule has 0 saturated heterocycles. The van der Waals surface area contributed by atoms with Crippen LogP contribution < -0.4 is 11.2 Å². The fourth-order valence-corrected chi connectivity index (χ4v) is 3.27. The molecule has 0 aliphatic carbocycles. The highest BCUT2D eigenvalue weighted by molar-refractivity contribution is 5.97. The van der Waals surface area contributed by atoms with Crippen LogP contribution in [-0.4, -0.2) is 19.1 Å². The van der Waals surface area contributed by atoms with Crippen molar-refractivity contribution in [1.29, 1.82) is 0 Å². The zero-order valence-electron chi connectivity index (χ0n) is 17.0. The number of nitrogens with one attached hydrogen (secondary N) is 1. The molecule has 2 aromatic carbocycles. The molecule has 2 rings (SSSR count). The van der Waals surface area contributed by atoms with Crippen molar-refractivity contribution in [3.63, 3.8) is 0 Å². The van der Waals surface area contributed by atoms with Crippen molar-refractivity contribution >= 4 is 12.1 Å². The molecule has 1 unspecified atom stereocenters. The number of aryl methyl sites for hydroxylation is 1. The summed E-state index contributed by atoms with van der Waals surface area (Å²) in [5.41, 5.74) is 15.9. The lowest BCUT2D eigenvalue weighted by Gasteiger charge is -2.21. The Balaban J connectivity index is 2.40. The Bertz CT molecular complexity index is 845. The van der Waals surface area contributed by atoms with Crippen LogP contribution in [-0.2, 0) is 6.42 Å². The maximum Gasteiger partial charge on any atom is 0.150 e. The molecule has 0 radical (unpaired) electrons. The third-order valence-electron chi connectivity index (χ3n) is 4.87. The van der Waals surface area contributed by atoms with Crippen molar-refractivity contribution in [3.05, 3.63) is 82.1 Å². The molecule has 0 aliphatic rings. The van der Waals surface area contributed by atoms with Crippen LogP contribution in [0.1, 0.15) is 47.6 Å². The van der Waals surface area contributed by atoms with E-state index in [0.717, 1.165) is 17.7 Å². The Hall–Kier alpha value is -2.88. The van der Waals surface area contributed by atoms with Crippen LogP contribution in [0, 0.1) is 13.8 Å². The third-order valence-corrected chi connectivity index (χ3v) is 4.87. The molecule has 3 N–H and O–H groups in total. The fourth-order valence-electron chi connectivity index (χ4n) is 3.27. The van der Waals surface area contributed by atoms with E-state index >= 15 is 0 Å². The quantitative estimate of drug-likeness (QED) is 0.434. The first-order chi connectivity index (χ1) is 13.0. The van der Waals surface area contributed by atoms with Crippen molar-refractivity contribution in [2.24, 2.45) is 15.8 Å². The molecule has 0 fully saturated rings. The predicted molar refractivity (Wildman–Crippen MR) is 117 cm³/mol. The Morgan fingerprint density at radius 2 is 1.81 bits per heavy atom. The molecule has 1 atom stereocenters. The second-order valence-electron chi connectivity index (χ2n) is 6.56. The van der Waals surface area contributed by atoms with Gasteiger partial charge in [-0.3, -0.25) is 4.99 Å². The predicted octanol–water partition coefficient (Wildman–Crippen LogP) is 4.46. The van der Waals surface area contributed by atoms with Gasteiger partial charge in [0.05, 0.1) is 0 Å². The first-order valence-corrected chi connectivity index (χ1v) is 9.32. The number of hydrogen-bond acceptors (Lipinski definition) is 3. The number of nitrogens with zero attached hydrogens (tertiary/aromatic N) is 2. The van der Waals surface area contributed by atoms with Gasteiger partial charge in [-0.2, -0.15) is 5.10 Å². The Kier molecular flexibility index (Phi) is 7.35. The molecule has 27 heavy (non-hydrogen) atoms. The summed E-state index contributed by atoms with van der Waals surface area (Å²) in [4.78, 5) is 4.65. The molecule has 2 aromatic rings. The maximum absolute atomic E-state index is 5.95. The summed E-state index contributed by atoms with van der Waals surface area (Å²) >= 11 is 0. The Labute approximate surface area is 162 Å². The van der Waals surface area contributed by atoms with Gasteiger partial charge in [-0.1, -0.05) is 48.5 Å². The van der Waals surface area contributed by atoms with E-state index in [0.29, 0.717) is 5.84 Å². The number of rotatable bonds is 7. The van der Waals surface area contributed by atoms with Crippen molar-refractivity contribution < 1.29 is 0 Å². The lowest BCUT2D eigenvalue weighted by molar-refractivity contribution is 0.767. The van der Waals surface area contributed by atoms with Gasteiger partial charge in [-0.15, -0.1) is 0 Å². The Morgan fingerprint density at radius 3 is 2.41 bits per heavy atom. The van der Waals surface area contributed by atoms with E-state index in [-0.39, 0.29) is 5.92 Å². The van der Waals surface area contributed by atoms with Crippen LogP contribution in [0.25, 0.3) is 0 Å². The smallest absolute Gasteiger partial charge is 0.150 e. The number of allylic oxidation sites excluding steroid dienone is 2. The van der Waals surface area contributed by atoms with Crippen LogP contribution in [0.2, 0.25) is 0 Å². The second-order valence-corrected chi connectivity index (χ2v) is 6.56. The van der Waals surface area contributed by atoms with E-state index in [1.54, 1.807) is 7.05 Å². The third kappa shape index (κ3) is 5.07. The molecule has 0 spiro atoms.